The van der Waals surface area contributed by atoms with E-state index in [9.17, 15) is 13.2 Å². The number of hydrogen-bond donors (Lipinski definition) is 1. The average molecular weight is 438 g/mol. The molecule has 0 atom stereocenters. The maximum absolute atomic E-state index is 12.7. The number of benzene rings is 2. The van der Waals surface area contributed by atoms with Crippen LogP contribution in [0.5, 0.6) is 5.75 Å². The van der Waals surface area contributed by atoms with Crippen LogP contribution in [-0.2, 0) is 14.8 Å². The van der Waals surface area contributed by atoms with Gasteiger partial charge in [-0.05, 0) is 30.3 Å². The zero-order valence-electron chi connectivity index (χ0n) is 13.8. The molecule has 1 amide bonds. The van der Waals surface area contributed by atoms with E-state index >= 15 is 0 Å². The highest BCUT2D eigenvalue weighted by molar-refractivity contribution is 7.89. The predicted octanol–water partition coefficient (Wildman–Crippen LogP) is 3.91. The maximum Gasteiger partial charge on any atom is 0.247 e. The van der Waals surface area contributed by atoms with E-state index in [1.165, 1.54) is 32.4 Å². The van der Waals surface area contributed by atoms with E-state index < -0.39 is 22.5 Å². The molecule has 10 heteroatoms. The van der Waals surface area contributed by atoms with Crippen LogP contribution in [0.2, 0.25) is 15.1 Å². The van der Waals surface area contributed by atoms with E-state index in [0.29, 0.717) is 0 Å². The van der Waals surface area contributed by atoms with Crippen molar-refractivity contribution in [1.82, 2.24) is 4.31 Å². The van der Waals surface area contributed by atoms with Crippen molar-refractivity contribution in [2.24, 2.45) is 0 Å². The number of methoxy groups -OCH3 is 1. The molecule has 0 aromatic heterocycles. The summed E-state index contributed by atoms with van der Waals surface area (Å²) >= 11 is 17.9. The van der Waals surface area contributed by atoms with Crippen LogP contribution >= 0.6 is 34.8 Å². The second kappa shape index (κ2) is 8.45. The highest BCUT2D eigenvalue weighted by Crippen LogP contribution is 2.31. The molecule has 0 aliphatic heterocycles. The van der Waals surface area contributed by atoms with E-state index in [2.05, 4.69) is 5.32 Å². The Kier molecular flexibility index (Phi) is 6.76. The number of sulfonamides is 1. The molecule has 0 aliphatic carbocycles. The maximum atomic E-state index is 12.7. The molecule has 2 rings (SSSR count). The first-order chi connectivity index (χ1) is 12.2. The summed E-state index contributed by atoms with van der Waals surface area (Å²) in [6, 6.07) is 8.94. The van der Waals surface area contributed by atoms with Gasteiger partial charge in [0.2, 0.25) is 15.9 Å². The molecule has 6 nitrogen and oxygen atoms in total. The Morgan fingerprint density at radius 2 is 1.77 bits per heavy atom. The standard InChI is InChI=1S/C16H15Cl3N2O4S/c1-21(9-15(22)20-16-11(18)4-3-5-12(16)19)26(23,24)14-8-10(17)6-7-13(14)25-2/h3-8H,9H2,1-2H3,(H,20,22). The molecule has 26 heavy (non-hydrogen) atoms. The zero-order valence-corrected chi connectivity index (χ0v) is 16.9. The van der Waals surface area contributed by atoms with Gasteiger partial charge in [0.05, 0.1) is 29.4 Å². The highest BCUT2D eigenvalue weighted by Gasteiger charge is 2.27. The summed E-state index contributed by atoms with van der Waals surface area (Å²) in [5, 5.41) is 3.22. The molecule has 0 fully saturated rings. The van der Waals surface area contributed by atoms with Gasteiger partial charge in [0.15, 0.2) is 0 Å². The molecule has 1 N–H and O–H groups in total. The molecule has 140 valence electrons. The third-order valence-electron chi connectivity index (χ3n) is 3.41. The van der Waals surface area contributed by atoms with Gasteiger partial charge in [0.25, 0.3) is 0 Å². The number of para-hydroxylation sites is 1. The lowest BCUT2D eigenvalue weighted by Crippen LogP contribution is -2.35. The molecule has 0 aliphatic rings. The third kappa shape index (κ3) is 4.61. The monoisotopic (exact) mass is 436 g/mol. The number of ether oxygens (including phenoxy) is 1. The normalized spacial score (nSPS) is 11.5. The summed E-state index contributed by atoms with van der Waals surface area (Å²) in [7, 11) is -1.41. The molecule has 2 aromatic carbocycles. The van der Waals surface area contributed by atoms with Gasteiger partial charge in [-0.25, -0.2) is 8.42 Å². The Bertz CT molecular complexity index is 915. The Morgan fingerprint density at radius 1 is 1.15 bits per heavy atom. The molecule has 0 bridgehead atoms. The molecule has 0 unspecified atom stereocenters. The summed E-state index contributed by atoms with van der Waals surface area (Å²) < 4.78 is 31.4. The minimum absolute atomic E-state index is 0.121. The van der Waals surface area contributed by atoms with Crippen LogP contribution in [0.15, 0.2) is 41.3 Å². The van der Waals surface area contributed by atoms with E-state index in [1.807, 2.05) is 0 Å². The molecule has 0 saturated heterocycles. The molecule has 0 heterocycles. The Labute approximate surface area is 166 Å². The van der Waals surface area contributed by atoms with Gasteiger partial charge in [0.1, 0.15) is 10.6 Å². The summed E-state index contributed by atoms with van der Waals surface area (Å²) in [6.07, 6.45) is 0. The first kappa shape index (κ1) is 20.8. The van der Waals surface area contributed by atoms with Crippen molar-refractivity contribution < 1.29 is 17.9 Å². The molecule has 0 spiro atoms. The van der Waals surface area contributed by atoms with Gasteiger partial charge in [-0.3, -0.25) is 4.79 Å². The van der Waals surface area contributed by atoms with Gasteiger partial charge >= 0.3 is 0 Å². The molecular formula is C16H15Cl3N2O4S. The Hall–Kier alpha value is -1.51. The van der Waals surface area contributed by atoms with Gasteiger partial charge in [-0.2, -0.15) is 4.31 Å². The number of nitrogens with zero attached hydrogens (tertiary/aromatic N) is 1. The molecule has 2 aromatic rings. The summed E-state index contributed by atoms with van der Waals surface area (Å²) in [4.78, 5) is 12.1. The fourth-order valence-electron chi connectivity index (χ4n) is 2.10. The fourth-order valence-corrected chi connectivity index (χ4v) is 4.14. The van der Waals surface area contributed by atoms with Gasteiger partial charge in [-0.1, -0.05) is 40.9 Å². The number of carbonyl (C=O) groups excluding carboxylic acids is 1. The Balaban J connectivity index is 2.22. The number of rotatable bonds is 6. The summed E-state index contributed by atoms with van der Waals surface area (Å²) in [6.45, 7) is -0.459. The van der Waals surface area contributed by atoms with Crippen LogP contribution in [0.1, 0.15) is 0 Å². The number of halogens is 3. The molecule has 0 saturated carbocycles. The lowest BCUT2D eigenvalue weighted by molar-refractivity contribution is -0.116. The van der Waals surface area contributed by atoms with Crippen LogP contribution in [0.25, 0.3) is 0 Å². The first-order valence-corrected chi connectivity index (χ1v) is 9.78. The minimum atomic E-state index is -4.01. The topological polar surface area (TPSA) is 75.7 Å². The van der Waals surface area contributed by atoms with Crippen LogP contribution in [-0.4, -0.2) is 39.3 Å². The Morgan fingerprint density at radius 3 is 2.35 bits per heavy atom. The van der Waals surface area contributed by atoms with Crippen molar-refractivity contribution in [3.8, 4) is 5.75 Å². The number of carbonyl (C=O) groups is 1. The molecular weight excluding hydrogens is 423 g/mol. The van der Waals surface area contributed by atoms with Crippen LogP contribution in [0.3, 0.4) is 0 Å². The summed E-state index contributed by atoms with van der Waals surface area (Å²) in [5.74, 6) is -0.483. The largest absolute Gasteiger partial charge is 0.495 e. The van der Waals surface area contributed by atoms with E-state index in [1.54, 1.807) is 18.2 Å². The van der Waals surface area contributed by atoms with Crippen LogP contribution < -0.4 is 10.1 Å². The number of likely N-dealkylation sites (N-methyl/N-ethyl adjacent to an activating group) is 1. The van der Waals surface area contributed by atoms with Gasteiger partial charge in [0, 0.05) is 12.1 Å². The SMILES string of the molecule is COc1ccc(Cl)cc1S(=O)(=O)N(C)CC(=O)Nc1c(Cl)cccc1Cl. The number of nitrogens with one attached hydrogen (secondary N) is 1. The number of amides is 1. The smallest absolute Gasteiger partial charge is 0.247 e. The lowest BCUT2D eigenvalue weighted by atomic mass is 10.3. The fraction of sp³-hybridized carbons (Fsp3) is 0.188. The molecule has 0 radical (unpaired) electrons. The second-order valence-electron chi connectivity index (χ2n) is 5.20. The van der Waals surface area contributed by atoms with Crippen molar-refractivity contribution >= 4 is 56.4 Å². The number of anilines is 1. The third-order valence-corrected chi connectivity index (χ3v) is 6.10. The van der Waals surface area contributed by atoms with Crippen molar-refractivity contribution in [2.75, 3.05) is 26.0 Å². The van der Waals surface area contributed by atoms with E-state index in [-0.39, 0.29) is 31.4 Å². The van der Waals surface area contributed by atoms with Gasteiger partial charge in [-0.15, -0.1) is 0 Å². The van der Waals surface area contributed by atoms with Crippen molar-refractivity contribution in [3.63, 3.8) is 0 Å². The van der Waals surface area contributed by atoms with Gasteiger partial charge < -0.3 is 10.1 Å². The van der Waals surface area contributed by atoms with Crippen LogP contribution in [0, 0.1) is 0 Å². The van der Waals surface area contributed by atoms with Crippen LogP contribution in [0.4, 0.5) is 5.69 Å². The van der Waals surface area contributed by atoms with Crippen molar-refractivity contribution in [1.29, 1.82) is 0 Å². The van der Waals surface area contributed by atoms with E-state index in [4.69, 9.17) is 39.5 Å². The minimum Gasteiger partial charge on any atom is -0.495 e. The number of hydrogen-bond acceptors (Lipinski definition) is 4. The predicted molar refractivity (Wildman–Crippen MR) is 103 cm³/mol. The van der Waals surface area contributed by atoms with E-state index in [0.717, 1.165) is 4.31 Å². The quantitative estimate of drug-likeness (QED) is 0.743. The van der Waals surface area contributed by atoms with Crippen molar-refractivity contribution in [2.45, 2.75) is 4.90 Å². The second-order valence-corrected chi connectivity index (χ2v) is 8.47. The first-order valence-electron chi connectivity index (χ1n) is 7.20. The lowest BCUT2D eigenvalue weighted by Gasteiger charge is -2.19. The highest BCUT2D eigenvalue weighted by atomic mass is 35.5. The average Bonchev–Trinajstić information content (AvgIpc) is 2.58. The summed E-state index contributed by atoms with van der Waals surface area (Å²) in [5.41, 5.74) is 0.215. The van der Waals surface area contributed by atoms with Crippen molar-refractivity contribution in [3.05, 3.63) is 51.5 Å². The zero-order chi connectivity index (χ0) is 19.5.